The molecule has 0 bridgehead atoms. The Balaban J connectivity index is 1.63. The Labute approximate surface area is 221 Å². The lowest BCUT2D eigenvalue weighted by Gasteiger charge is -2.17. The summed E-state index contributed by atoms with van der Waals surface area (Å²) in [5.41, 5.74) is 2.81. The van der Waals surface area contributed by atoms with Gasteiger partial charge in [0, 0.05) is 15.3 Å². The summed E-state index contributed by atoms with van der Waals surface area (Å²) < 4.78 is 44.3. The summed E-state index contributed by atoms with van der Waals surface area (Å²) in [6.45, 7) is 3.44. The predicted octanol–water partition coefficient (Wildman–Crippen LogP) is 7.99. The number of aromatic nitrogens is 1. The third-order valence-corrected chi connectivity index (χ3v) is 7.87. The summed E-state index contributed by atoms with van der Waals surface area (Å²) in [5.74, 6) is -0.524. The number of hydrogen-bond donors (Lipinski definition) is 1. The molecule has 0 aliphatic rings. The smallest absolute Gasteiger partial charge is 0.416 e. The molecule has 1 heterocycles. The van der Waals surface area contributed by atoms with Crippen molar-refractivity contribution in [3.05, 3.63) is 100 Å². The number of thiazole rings is 1. The van der Waals surface area contributed by atoms with Crippen LogP contribution in [0.3, 0.4) is 0 Å². The molecule has 0 aliphatic carbocycles. The number of aliphatic carboxylic acids is 1. The number of carbonyl (C=O) groups is 1. The van der Waals surface area contributed by atoms with Crippen molar-refractivity contribution in [2.75, 3.05) is 6.61 Å². The van der Waals surface area contributed by atoms with Crippen molar-refractivity contribution >= 4 is 29.1 Å². The van der Waals surface area contributed by atoms with Gasteiger partial charge >= 0.3 is 12.1 Å². The van der Waals surface area contributed by atoms with Crippen LogP contribution in [0.4, 0.5) is 13.2 Å². The number of thioether (sulfide) groups is 1. The van der Waals surface area contributed by atoms with Gasteiger partial charge in [0.05, 0.1) is 16.5 Å². The van der Waals surface area contributed by atoms with Crippen molar-refractivity contribution in [3.63, 3.8) is 0 Å². The highest BCUT2D eigenvalue weighted by Crippen LogP contribution is 2.43. The molecule has 0 radical (unpaired) electrons. The highest BCUT2D eigenvalue weighted by atomic mass is 32.2. The molecule has 4 nitrogen and oxygen atoms in total. The Morgan fingerprint density at radius 3 is 2.38 bits per heavy atom. The van der Waals surface area contributed by atoms with Crippen molar-refractivity contribution in [2.24, 2.45) is 0 Å². The molecule has 0 fully saturated rings. The zero-order valence-electron chi connectivity index (χ0n) is 20.1. The van der Waals surface area contributed by atoms with Crippen LogP contribution in [0.1, 0.15) is 32.5 Å². The summed E-state index contributed by atoms with van der Waals surface area (Å²) in [6.07, 6.45) is -3.68. The SMILES string of the molecule is Cc1cc(SC(Cc2ccccc2)c2nc(-c3ccc(C(F)(F)F)cc3)sc2C)ccc1OCC(=O)O. The highest BCUT2D eigenvalue weighted by Gasteiger charge is 2.30. The van der Waals surface area contributed by atoms with Gasteiger partial charge < -0.3 is 9.84 Å². The zero-order valence-corrected chi connectivity index (χ0v) is 21.7. The van der Waals surface area contributed by atoms with Gasteiger partial charge in [-0.1, -0.05) is 42.5 Å². The van der Waals surface area contributed by atoms with E-state index in [2.05, 4.69) is 12.1 Å². The molecule has 3 aromatic carbocycles. The molecule has 0 spiro atoms. The first-order chi connectivity index (χ1) is 17.6. The number of aryl methyl sites for hydroxylation is 2. The van der Waals surface area contributed by atoms with Crippen LogP contribution in [-0.2, 0) is 17.4 Å². The molecule has 4 aromatic rings. The number of ether oxygens (including phenoxy) is 1. The Morgan fingerprint density at radius 2 is 1.76 bits per heavy atom. The van der Waals surface area contributed by atoms with Crippen LogP contribution >= 0.6 is 23.1 Å². The minimum absolute atomic E-state index is 0.0490. The van der Waals surface area contributed by atoms with E-state index in [1.165, 1.54) is 23.5 Å². The van der Waals surface area contributed by atoms with Crippen LogP contribution in [0.15, 0.2) is 77.7 Å². The van der Waals surface area contributed by atoms with E-state index in [1.54, 1.807) is 17.8 Å². The van der Waals surface area contributed by atoms with Crippen LogP contribution in [0, 0.1) is 13.8 Å². The molecule has 0 aliphatic heterocycles. The molecule has 0 saturated heterocycles. The maximum Gasteiger partial charge on any atom is 0.416 e. The van der Waals surface area contributed by atoms with Gasteiger partial charge in [0.15, 0.2) is 6.61 Å². The van der Waals surface area contributed by atoms with Crippen LogP contribution in [0.2, 0.25) is 0 Å². The molecule has 1 unspecified atom stereocenters. The molecule has 0 amide bonds. The number of carboxylic acid groups (broad SMARTS) is 1. The van der Waals surface area contributed by atoms with Gasteiger partial charge in [-0.3, -0.25) is 0 Å². The number of alkyl halides is 3. The minimum atomic E-state index is -4.38. The molecule has 1 aromatic heterocycles. The van der Waals surface area contributed by atoms with Gasteiger partial charge in [0.25, 0.3) is 0 Å². The highest BCUT2D eigenvalue weighted by molar-refractivity contribution is 7.99. The first-order valence-corrected chi connectivity index (χ1v) is 13.1. The van der Waals surface area contributed by atoms with Crippen molar-refractivity contribution < 1.29 is 27.8 Å². The van der Waals surface area contributed by atoms with E-state index in [1.807, 2.05) is 44.2 Å². The Morgan fingerprint density at radius 1 is 1.05 bits per heavy atom. The molecule has 1 N–H and O–H groups in total. The Kier molecular flexibility index (Phi) is 8.24. The third kappa shape index (κ3) is 6.93. The van der Waals surface area contributed by atoms with E-state index in [9.17, 15) is 18.0 Å². The number of hydrogen-bond acceptors (Lipinski definition) is 5. The lowest BCUT2D eigenvalue weighted by molar-refractivity contribution is -0.139. The third-order valence-electron chi connectivity index (χ3n) is 5.64. The van der Waals surface area contributed by atoms with Crippen molar-refractivity contribution in [3.8, 4) is 16.3 Å². The fourth-order valence-corrected chi connectivity index (χ4v) is 6.21. The summed E-state index contributed by atoms with van der Waals surface area (Å²) in [5, 5.41) is 9.51. The normalized spacial score (nSPS) is 12.4. The van der Waals surface area contributed by atoms with Gasteiger partial charge in [-0.2, -0.15) is 13.2 Å². The summed E-state index contributed by atoms with van der Waals surface area (Å²) in [6, 6.07) is 20.7. The second-order valence-electron chi connectivity index (χ2n) is 8.44. The monoisotopic (exact) mass is 543 g/mol. The fraction of sp³-hybridized carbons (Fsp3) is 0.214. The summed E-state index contributed by atoms with van der Waals surface area (Å²) >= 11 is 3.10. The quantitative estimate of drug-likeness (QED) is 0.217. The molecule has 9 heteroatoms. The summed E-state index contributed by atoms with van der Waals surface area (Å²) in [7, 11) is 0. The largest absolute Gasteiger partial charge is 0.482 e. The van der Waals surface area contributed by atoms with Crippen molar-refractivity contribution in [1.29, 1.82) is 0 Å². The second-order valence-corrected chi connectivity index (χ2v) is 10.9. The molecule has 37 heavy (non-hydrogen) atoms. The zero-order chi connectivity index (χ0) is 26.6. The molecule has 192 valence electrons. The van der Waals surface area contributed by atoms with Gasteiger partial charge in [0.2, 0.25) is 0 Å². The average molecular weight is 544 g/mol. The van der Waals surface area contributed by atoms with Crippen LogP contribution in [0.25, 0.3) is 10.6 Å². The average Bonchev–Trinajstić information content (AvgIpc) is 3.25. The van der Waals surface area contributed by atoms with Gasteiger partial charge in [-0.05, 0) is 61.7 Å². The van der Waals surface area contributed by atoms with Crippen molar-refractivity contribution in [1.82, 2.24) is 4.98 Å². The molecule has 0 saturated carbocycles. The van der Waals surface area contributed by atoms with Crippen LogP contribution in [0.5, 0.6) is 5.75 Å². The first-order valence-electron chi connectivity index (χ1n) is 11.4. The maximum atomic E-state index is 13.0. The summed E-state index contributed by atoms with van der Waals surface area (Å²) in [4.78, 5) is 17.7. The molecule has 4 rings (SSSR count). The Bertz CT molecular complexity index is 1370. The molecular formula is C28H24F3NO3S2. The second kappa shape index (κ2) is 11.4. The molecule has 1 atom stereocenters. The fourth-order valence-electron chi connectivity index (χ4n) is 3.82. The van der Waals surface area contributed by atoms with E-state index < -0.39 is 24.3 Å². The standard InChI is InChI=1S/C28H24F3NO3S2/c1-17-14-22(12-13-23(17)35-16-25(33)34)37-24(15-19-6-4-3-5-7-19)26-18(2)36-27(32-26)20-8-10-21(11-9-20)28(29,30)31/h3-14,24H,15-16H2,1-2H3,(H,33,34). The van der Waals surface area contributed by atoms with E-state index in [0.717, 1.165) is 38.7 Å². The van der Waals surface area contributed by atoms with Crippen molar-refractivity contribution in [2.45, 2.75) is 36.6 Å². The number of carboxylic acids is 1. The Hall–Kier alpha value is -3.30. The topological polar surface area (TPSA) is 59.4 Å². The van der Waals surface area contributed by atoms with E-state index >= 15 is 0 Å². The van der Waals surface area contributed by atoms with E-state index in [4.69, 9.17) is 14.8 Å². The van der Waals surface area contributed by atoms with Gasteiger partial charge in [-0.15, -0.1) is 23.1 Å². The lowest BCUT2D eigenvalue weighted by atomic mass is 10.1. The minimum Gasteiger partial charge on any atom is -0.482 e. The number of nitrogens with zero attached hydrogens (tertiary/aromatic N) is 1. The maximum absolute atomic E-state index is 13.0. The first kappa shape index (κ1) is 26.8. The lowest BCUT2D eigenvalue weighted by Crippen LogP contribution is -2.10. The predicted molar refractivity (Wildman–Crippen MR) is 140 cm³/mol. The molecular weight excluding hydrogens is 519 g/mol. The number of rotatable bonds is 9. The van der Waals surface area contributed by atoms with E-state index in [-0.39, 0.29) is 5.25 Å². The number of halogens is 3. The van der Waals surface area contributed by atoms with Gasteiger partial charge in [-0.25, -0.2) is 9.78 Å². The van der Waals surface area contributed by atoms with Crippen LogP contribution < -0.4 is 4.74 Å². The van der Waals surface area contributed by atoms with E-state index in [0.29, 0.717) is 22.7 Å². The van der Waals surface area contributed by atoms with Crippen LogP contribution in [-0.4, -0.2) is 22.7 Å². The van der Waals surface area contributed by atoms with Gasteiger partial charge in [0.1, 0.15) is 10.8 Å². The number of benzene rings is 3.